The zero-order valence-corrected chi connectivity index (χ0v) is 8.53. The van der Waals surface area contributed by atoms with Gasteiger partial charge in [-0.25, -0.2) is 4.39 Å². The molecule has 5 nitrogen and oxygen atoms in total. The average molecular weight is 220 g/mol. The number of aliphatic carboxylic acids is 1. The minimum absolute atomic E-state index is 0.247. The summed E-state index contributed by atoms with van der Waals surface area (Å²) in [5.74, 6) is -4.40. The molecule has 0 radical (unpaired) electrons. The van der Waals surface area contributed by atoms with E-state index in [-0.39, 0.29) is 12.8 Å². The lowest BCUT2D eigenvalue weighted by molar-refractivity contribution is -0.157. The van der Waals surface area contributed by atoms with Crippen LogP contribution in [0, 0.1) is 5.92 Å². The molecule has 0 bridgehead atoms. The number of rotatable bonds is 6. The van der Waals surface area contributed by atoms with Gasteiger partial charge in [-0.15, -0.1) is 0 Å². The molecule has 0 aliphatic heterocycles. The van der Waals surface area contributed by atoms with Gasteiger partial charge >= 0.3 is 11.9 Å². The summed E-state index contributed by atoms with van der Waals surface area (Å²) in [5.41, 5.74) is 0. The van der Waals surface area contributed by atoms with Gasteiger partial charge in [0.1, 0.15) is 0 Å². The summed E-state index contributed by atoms with van der Waals surface area (Å²) < 4.78 is 17.1. The summed E-state index contributed by atoms with van der Waals surface area (Å²) in [6.45, 7) is 1.07. The number of esters is 1. The highest BCUT2D eigenvalue weighted by Gasteiger charge is 2.28. The van der Waals surface area contributed by atoms with Crippen LogP contribution in [0.5, 0.6) is 0 Å². The van der Waals surface area contributed by atoms with Crippen LogP contribution in [0.25, 0.3) is 0 Å². The molecule has 0 aromatic heterocycles. The number of halogens is 1. The number of Topliss-reactive ketones (excluding diaryl/α,β-unsaturated/α-hetero) is 1. The summed E-state index contributed by atoms with van der Waals surface area (Å²) in [5, 5.41) is 8.62. The molecule has 0 fully saturated rings. The minimum atomic E-state index is -1.73. The summed E-state index contributed by atoms with van der Waals surface area (Å²) in [7, 11) is 1.05. The van der Waals surface area contributed by atoms with Crippen molar-refractivity contribution in [1.82, 2.24) is 0 Å². The van der Waals surface area contributed by atoms with E-state index < -0.39 is 29.8 Å². The smallest absolute Gasteiger partial charge is 0.320 e. The maximum Gasteiger partial charge on any atom is 0.320 e. The molecular formula is C9H13FO5. The van der Waals surface area contributed by atoms with Crippen molar-refractivity contribution in [1.29, 1.82) is 0 Å². The molecule has 0 saturated heterocycles. The summed E-state index contributed by atoms with van der Waals surface area (Å²) in [6.07, 6.45) is -2.26. The van der Waals surface area contributed by atoms with E-state index in [4.69, 9.17) is 5.11 Å². The van der Waals surface area contributed by atoms with E-state index >= 15 is 0 Å². The lowest BCUT2D eigenvalue weighted by Gasteiger charge is -2.10. The third kappa shape index (κ3) is 4.53. The van der Waals surface area contributed by atoms with E-state index in [0.29, 0.717) is 0 Å². The quantitative estimate of drug-likeness (QED) is 0.522. The van der Waals surface area contributed by atoms with E-state index in [1.165, 1.54) is 0 Å². The van der Waals surface area contributed by atoms with E-state index in [1.54, 1.807) is 0 Å². The molecule has 0 aromatic rings. The molecule has 0 saturated carbocycles. The summed E-state index contributed by atoms with van der Waals surface area (Å²) in [4.78, 5) is 32.0. The molecule has 6 heteroatoms. The highest BCUT2D eigenvalue weighted by Crippen LogP contribution is 2.13. The van der Waals surface area contributed by atoms with Crippen LogP contribution in [0.15, 0.2) is 0 Å². The van der Waals surface area contributed by atoms with Crippen molar-refractivity contribution >= 4 is 17.7 Å². The van der Waals surface area contributed by atoms with Crippen LogP contribution in [0.1, 0.15) is 19.8 Å². The molecular weight excluding hydrogens is 207 g/mol. The van der Waals surface area contributed by atoms with Crippen LogP contribution in [-0.2, 0) is 19.1 Å². The van der Waals surface area contributed by atoms with Gasteiger partial charge in [-0.2, -0.15) is 0 Å². The van der Waals surface area contributed by atoms with Crippen LogP contribution < -0.4 is 0 Å². The number of carbonyl (C=O) groups excluding carboxylic acids is 2. The van der Waals surface area contributed by atoms with Crippen LogP contribution >= 0.6 is 0 Å². The fourth-order valence-corrected chi connectivity index (χ4v) is 1.00. The van der Waals surface area contributed by atoms with Crippen LogP contribution in [0.4, 0.5) is 4.39 Å². The monoisotopic (exact) mass is 220 g/mol. The molecule has 0 aliphatic rings. The predicted molar refractivity (Wildman–Crippen MR) is 48.0 cm³/mol. The first kappa shape index (κ1) is 13.5. The maximum atomic E-state index is 12.8. The zero-order chi connectivity index (χ0) is 12.0. The topological polar surface area (TPSA) is 80.7 Å². The number of carboxylic acids is 1. The Hall–Kier alpha value is -1.46. The fourth-order valence-electron chi connectivity index (χ4n) is 1.00. The first-order valence-electron chi connectivity index (χ1n) is 4.35. The molecule has 15 heavy (non-hydrogen) atoms. The Balaban J connectivity index is 4.26. The molecule has 2 unspecified atom stereocenters. The number of carboxylic acid groups (broad SMARTS) is 1. The van der Waals surface area contributed by atoms with Crippen molar-refractivity contribution < 1.29 is 28.6 Å². The van der Waals surface area contributed by atoms with E-state index in [2.05, 4.69) is 4.74 Å². The van der Waals surface area contributed by atoms with Gasteiger partial charge in [0, 0.05) is 0 Å². The average Bonchev–Trinajstić information content (AvgIpc) is 2.16. The minimum Gasteiger partial charge on any atom is -0.481 e. The van der Waals surface area contributed by atoms with Crippen molar-refractivity contribution in [3.63, 3.8) is 0 Å². The summed E-state index contributed by atoms with van der Waals surface area (Å²) in [6, 6.07) is 0. The number of ketones is 1. The van der Waals surface area contributed by atoms with Gasteiger partial charge < -0.3 is 9.84 Å². The van der Waals surface area contributed by atoms with Crippen molar-refractivity contribution in [3.8, 4) is 0 Å². The molecule has 0 aliphatic carbocycles. The third-order valence-corrected chi connectivity index (χ3v) is 1.93. The highest BCUT2D eigenvalue weighted by atomic mass is 19.1. The van der Waals surface area contributed by atoms with Gasteiger partial charge in [-0.05, 0) is 19.8 Å². The molecule has 0 rings (SSSR count). The van der Waals surface area contributed by atoms with E-state index in [9.17, 15) is 18.8 Å². The SMILES string of the molecule is COC(=O)C(CCC(F)C(C)=O)C(=O)O. The van der Waals surface area contributed by atoms with Crippen LogP contribution in [-0.4, -0.2) is 36.1 Å². The third-order valence-electron chi connectivity index (χ3n) is 1.93. The molecule has 0 aromatic carbocycles. The van der Waals surface area contributed by atoms with Crippen molar-refractivity contribution in [2.24, 2.45) is 5.92 Å². The Morgan fingerprint density at radius 2 is 1.87 bits per heavy atom. The molecule has 86 valence electrons. The Bertz CT molecular complexity index is 263. The summed E-state index contributed by atoms with van der Waals surface area (Å²) >= 11 is 0. The van der Waals surface area contributed by atoms with E-state index in [0.717, 1.165) is 14.0 Å². The molecule has 0 amide bonds. The number of hydrogen-bond donors (Lipinski definition) is 1. The van der Waals surface area contributed by atoms with Gasteiger partial charge in [0.2, 0.25) is 0 Å². The normalized spacial score (nSPS) is 14.1. The second kappa shape index (κ2) is 6.10. The van der Waals surface area contributed by atoms with Gasteiger partial charge in [0.25, 0.3) is 0 Å². The molecule has 0 spiro atoms. The predicted octanol–water partition coefficient (Wildman–Crippen LogP) is 0.567. The number of alkyl halides is 1. The van der Waals surface area contributed by atoms with Crippen molar-refractivity contribution in [2.45, 2.75) is 25.9 Å². The van der Waals surface area contributed by atoms with Crippen LogP contribution in [0.3, 0.4) is 0 Å². The number of ether oxygens (including phenoxy) is 1. The van der Waals surface area contributed by atoms with Crippen LogP contribution in [0.2, 0.25) is 0 Å². The Morgan fingerprint density at radius 3 is 2.20 bits per heavy atom. The number of methoxy groups -OCH3 is 1. The lowest BCUT2D eigenvalue weighted by Crippen LogP contribution is -2.26. The van der Waals surface area contributed by atoms with Gasteiger partial charge in [-0.3, -0.25) is 14.4 Å². The van der Waals surface area contributed by atoms with Crippen molar-refractivity contribution in [2.75, 3.05) is 7.11 Å². The zero-order valence-electron chi connectivity index (χ0n) is 8.53. The lowest BCUT2D eigenvalue weighted by atomic mass is 10.0. The number of hydrogen-bond acceptors (Lipinski definition) is 4. The fraction of sp³-hybridized carbons (Fsp3) is 0.667. The highest BCUT2D eigenvalue weighted by molar-refractivity contribution is 5.93. The maximum absolute atomic E-state index is 12.8. The Labute approximate surface area is 86.2 Å². The molecule has 2 atom stereocenters. The van der Waals surface area contributed by atoms with E-state index in [1.807, 2.05) is 0 Å². The first-order valence-corrected chi connectivity index (χ1v) is 4.35. The molecule has 1 N–H and O–H groups in total. The van der Waals surface area contributed by atoms with Gasteiger partial charge in [0.05, 0.1) is 7.11 Å². The van der Waals surface area contributed by atoms with Gasteiger partial charge in [-0.1, -0.05) is 0 Å². The number of carbonyl (C=O) groups is 3. The second-order valence-electron chi connectivity index (χ2n) is 3.07. The van der Waals surface area contributed by atoms with Crippen molar-refractivity contribution in [3.05, 3.63) is 0 Å². The molecule has 0 heterocycles. The Morgan fingerprint density at radius 1 is 1.33 bits per heavy atom. The second-order valence-corrected chi connectivity index (χ2v) is 3.07. The van der Waals surface area contributed by atoms with Gasteiger partial charge in [0.15, 0.2) is 17.9 Å². The standard InChI is InChI=1S/C9H13FO5/c1-5(11)7(10)4-3-6(8(12)13)9(14)15-2/h6-7H,3-4H2,1-2H3,(H,12,13). The first-order chi connectivity index (χ1) is 6.90. The Kier molecular flexibility index (Phi) is 5.51. The largest absolute Gasteiger partial charge is 0.481 e.